The summed E-state index contributed by atoms with van der Waals surface area (Å²) >= 11 is 0. The number of aromatic nitrogens is 1. The summed E-state index contributed by atoms with van der Waals surface area (Å²) in [5, 5.41) is 19.7. The number of aromatic carboxylic acids is 1. The predicted molar refractivity (Wildman–Crippen MR) is 106 cm³/mol. The van der Waals surface area contributed by atoms with E-state index < -0.39 is 5.97 Å². The Kier molecular flexibility index (Phi) is 5.15. The Labute approximate surface area is 170 Å². The van der Waals surface area contributed by atoms with Crippen LogP contribution in [0, 0.1) is 17.3 Å². The fraction of sp³-hybridized carbons (Fsp3) is 0.458. The lowest BCUT2D eigenvalue weighted by molar-refractivity contribution is -0.255. The van der Waals surface area contributed by atoms with Gasteiger partial charge in [-0.1, -0.05) is 19.1 Å². The van der Waals surface area contributed by atoms with Crippen LogP contribution in [-0.4, -0.2) is 21.8 Å². The van der Waals surface area contributed by atoms with E-state index in [1.54, 1.807) is 6.07 Å². The second-order valence-corrected chi connectivity index (χ2v) is 8.75. The molecule has 5 rings (SSSR count). The molecule has 1 aromatic carbocycles. The van der Waals surface area contributed by atoms with Crippen molar-refractivity contribution in [3.63, 3.8) is 0 Å². The highest BCUT2D eigenvalue weighted by atomic mass is 16.4. The Bertz CT molecular complexity index is 926. The van der Waals surface area contributed by atoms with E-state index in [1.165, 1.54) is 36.0 Å². The summed E-state index contributed by atoms with van der Waals surface area (Å²) in [6.45, 7) is 2.22. The van der Waals surface area contributed by atoms with Gasteiger partial charge in [0.2, 0.25) is 0 Å². The number of benzene rings is 1. The van der Waals surface area contributed by atoms with E-state index in [9.17, 15) is 19.8 Å². The minimum absolute atomic E-state index is 0.0322. The minimum Gasteiger partial charge on any atom is -0.545 e. The van der Waals surface area contributed by atoms with Gasteiger partial charge in [0.05, 0.1) is 5.97 Å². The lowest BCUT2D eigenvalue weighted by atomic mass is 9.55. The Hall–Kier alpha value is -2.69. The zero-order valence-corrected chi connectivity index (χ0v) is 16.6. The number of Topliss-reactive ketones (excluding diaryl/α,β-unsaturated/α-hetero) is 1. The van der Waals surface area contributed by atoms with E-state index in [0.717, 1.165) is 32.1 Å². The van der Waals surface area contributed by atoms with E-state index in [4.69, 9.17) is 0 Å². The summed E-state index contributed by atoms with van der Waals surface area (Å²) < 4.78 is 0. The molecule has 0 bridgehead atoms. The normalized spacial score (nSPS) is 29.7. The van der Waals surface area contributed by atoms with Crippen molar-refractivity contribution in [2.24, 2.45) is 17.3 Å². The van der Waals surface area contributed by atoms with Crippen LogP contribution in [0.25, 0.3) is 0 Å². The van der Waals surface area contributed by atoms with Crippen LogP contribution in [0.3, 0.4) is 0 Å². The SMILES string of the molecule is C[C@]12CC[C@@H]3c4ccc(O)cc4CC[C@H]3[C@@H]1CCC2=O.O=C([O-])c1cccnc1. The molecule has 152 valence electrons. The zero-order valence-electron chi connectivity index (χ0n) is 16.6. The van der Waals surface area contributed by atoms with Crippen LogP contribution in [0.4, 0.5) is 0 Å². The molecule has 0 amide bonds. The van der Waals surface area contributed by atoms with Gasteiger partial charge in [-0.05, 0) is 79.2 Å². The first-order valence-electron chi connectivity index (χ1n) is 10.4. The largest absolute Gasteiger partial charge is 0.545 e. The van der Waals surface area contributed by atoms with Crippen LogP contribution < -0.4 is 5.11 Å². The molecular weight excluding hydrogens is 366 g/mol. The molecule has 2 saturated carbocycles. The molecule has 3 aliphatic carbocycles. The average molecular weight is 392 g/mol. The fourth-order valence-corrected chi connectivity index (χ4v) is 5.82. The number of ketones is 1. The number of pyridine rings is 1. The number of carbonyl (C=O) groups excluding carboxylic acids is 2. The van der Waals surface area contributed by atoms with Gasteiger partial charge in [-0.3, -0.25) is 9.78 Å². The number of hydrogen-bond donors (Lipinski definition) is 1. The monoisotopic (exact) mass is 392 g/mol. The van der Waals surface area contributed by atoms with Crippen LogP contribution in [0.1, 0.15) is 66.4 Å². The Morgan fingerprint density at radius 3 is 2.72 bits per heavy atom. The minimum atomic E-state index is -1.19. The standard InChI is InChI=1S/C18H22O2.C6H5NO2/c1-18-9-8-14-13-5-3-12(19)10-11(13)2-4-15(14)16(18)6-7-17(18)20;8-6(9)5-2-1-3-7-4-5/h3,5,10,14-16,19H,2,4,6-9H2,1H3;1-4H,(H,8,9)/p-1/t14-,15-,16+,18+;/m1./s1. The molecule has 5 nitrogen and oxygen atoms in total. The third kappa shape index (κ3) is 3.54. The summed E-state index contributed by atoms with van der Waals surface area (Å²) in [6, 6.07) is 8.88. The zero-order chi connectivity index (χ0) is 20.6. The number of carboxylic acid groups (broad SMARTS) is 1. The van der Waals surface area contributed by atoms with Gasteiger partial charge in [-0.25, -0.2) is 0 Å². The molecule has 0 aliphatic heterocycles. The number of carbonyl (C=O) groups is 2. The molecule has 0 saturated heterocycles. The summed E-state index contributed by atoms with van der Waals surface area (Å²) in [4.78, 5) is 25.9. The van der Waals surface area contributed by atoms with Crippen molar-refractivity contribution in [1.82, 2.24) is 4.98 Å². The van der Waals surface area contributed by atoms with Gasteiger partial charge < -0.3 is 15.0 Å². The molecular formula is C24H26NO4-. The molecule has 1 aromatic heterocycles. The highest BCUT2D eigenvalue weighted by molar-refractivity contribution is 5.87. The summed E-state index contributed by atoms with van der Waals surface area (Å²) in [7, 11) is 0. The number of carboxylic acids is 1. The maximum Gasteiger partial charge on any atom is 0.139 e. The third-order valence-corrected chi connectivity index (χ3v) is 7.32. The Morgan fingerprint density at radius 2 is 2.03 bits per heavy atom. The van der Waals surface area contributed by atoms with Crippen molar-refractivity contribution >= 4 is 11.8 Å². The average Bonchev–Trinajstić information content (AvgIpc) is 3.03. The van der Waals surface area contributed by atoms with Crippen molar-refractivity contribution < 1.29 is 19.8 Å². The van der Waals surface area contributed by atoms with Crippen LogP contribution in [0.2, 0.25) is 0 Å². The number of aryl methyl sites for hydroxylation is 1. The van der Waals surface area contributed by atoms with Crippen molar-refractivity contribution in [2.75, 3.05) is 0 Å². The molecule has 4 atom stereocenters. The van der Waals surface area contributed by atoms with Gasteiger partial charge in [0.25, 0.3) is 0 Å². The highest BCUT2D eigenvalue weighted by Crippen LogP contribution is 2.59. The van der Waals surface area contributed by atoms with E-state index in [0.29, 0.717) is 29.3 Å². The van der Waals surface area contributed by atoms with E-state index >= 15 is 0 Å². The topological polar surface area (TPSA) is 90.3 Å². The fourth-order valence-electron chi connectivity index (χ4n) is 5.82. The number of phenolic OH excluding ortho intramolecular Hbond substituents is 1. The smallest absolute Gasteiger partial charge is 0.139 e. The van der Waals surface area contributed by atoms with E-state index in [1.807, 2.05) is 12.1 Å². The van der Waals surface area contributed by atoms with Crippen molar-refractivity contribution in [3.05, 3.63) is 59.4 Å². The molecule has 2 fully saturated rings. The first-order valence-corrected chi connectivity index (χ1v) is 10.4. The summed E-state index contributed by atoms with van der Waals surface area (Å²) in [5.41, 5.74) is 2.85. The van der Waals surface area contributed by atoms with Crippen molar-refractivity contribution in [3.8, 4) is 5.75 Å². The molecule has 2 aromatic rings. The van der Waals surface area contributed by atoms with Gasteiger partial charge >= 0.3 is 0 Å². The lowest BCUT2D eigenvalue weighted by Gasteiger charge is -2.48. The number of hydrogen-bond acceptors (Lipinski definition) is 5. The van der Waals surface area contributed by atoms with Crippen molar-refractivity contribution in [2.45, 2.75) is 51.4 Å². The van der Waals surface area contributed by atoms with Crippen LogP contribution in [0.15, 0.2) is 42.7 Å². The van der Waals surface area contributed by atoms with Gasteiger partial charge in [-0.2, -0.15) is 0 Å². The molecule has 0 radical (unpaired) electrons. The molecule has 1 heterocycles. The Morgan fingerprint density at radius 1 is 1.21 bits per heavy atom. The maximum absolute atomic E-state index is 12.3. The molecule has 29 heavy (non-hydrogen) atoms. The Balaban J connectivity index is 0.000000192. The van der Waals surface area contributed by atoms with Gasteiger partial charge in [0.1, 0.15) is 11.5 Å². The molecule has 1 N–H and O–H groups in total. The van der Waals surface area contributed by atoms with E-state index in [-0.39, 0.29) is 11.0 Å². The molecule has 0 spiro atoms. The first kappa shape index (κ1) is 19.6. The van der Waals surface area contributed by atoms with Crippen LogP contribution in [-0.2, 0) is 11.2 Å². The number of rotatable bonds is 1. The third-order valence-electron chi connectivity index (χ3n) is 7.32. The van der Waals surface area contributed by atoms with Gasteiger partial charge in [-0.15, -0.1) is 0 Å². The van der Waals surface area contributed by atoms with Crippen LogP contribution >= 0.6 is 0 Å². The first-order chi connectivity index (χ1) is 13.9. The second kappa shape index (κ2) is 7.62. The second-order valence-electron chi connectivity index (χ2n) is 8.75. The van der Waals surface area contributed by atoms with Crippen molar-refractivity contribution in [1.29, 1.82) is 0 Å². The van der Waals surface area contributed by atoms with Crippen LogP contribution in [0.5, 0.6) is 5.75 Å². The van der Waals surface area contributed by atoms with Gasteiger partial charge in [0.15, 0.2) is 0 Å². The quantitative estimate of drug-likeness (QED) is 0.804. The van der Waals surface area contributed by atoms with Gasteiger partial charge in [0, 0.05) is 29.8 Å². The highest BCUT2D eigenvalue weighted by Gasteiger charge is 2.54. The number of fused-ring (bicyclic) bond motifs is 5. The maximum atomic E-state index is 12.3. The number of aromatic hydroxyl groups is 1. The molecule has 3 aliphatic rings. The van der Waals surface area contributed by atoms with E-state index in [2.05, 4.69) is 18.0 Å². The number of nitrogens with zero attached hydrogens (tertiary/aromatic N) is 1. The summed E-state index contributed by atoms with van der Waals surface area (Å²) in [5.74, 6) is 1.59. The number of phenols is 1. The molecule has 5 heteroatoms. The lowest BCUT2D eigenvalue weighted by Crippen LogP contribution is -2.42. The summed E-state index contributed by atoms with van der Waals surface area (Å²) in [6.07, 6.45) is 9.10. The molecule has 0 unspecified atom stereocenters. The predicted octanol–water partition coefficient (Wildman–Crippen LogP) is 3.26.